The number of amides is 1. The van der Waals surface area contributed by atoms with E-state index in [-0.39, 0.29) is 5.91 Å². The van der Waals surface area contributed by atoms with E-state index in [0.717, 1.165) is 25.1 Å². The van der Waals surface area contributed by atoms with Crippen LogP contribution in [0, 0.1) is 0 Å². The molecule has 0 atom stereocenters. The lowest BCUT2D eigenvalue weighted by molar-refractivity contribution is -0.121. The molecule has 0 fully saturated rings. The van der Waals surface area contributed by atoms with Crippen molar-refractivity contribution in [3.05, 3.63) is 65.2 Å². The number of para-hydroxylation sites is 1. The highest BCUT2D eigenvalue weighted by Gasteiger charge is 2.17. The third-order valence-electron chi connectivity index (χ3n) is 4.47. The average Bonchev–Trinajstić information content (AvgIpc) is 3.02. The summed E-state index contributed by atoms with van der Waals surface area (Å²) in [6, 6.07) is 17.2. The van der Waals surface area contributed by atoms with Gasteiger partial charge in [0.25, 0.3) is 0 Å². The molecule has 0 aromatic heterocycles. The zero-order valence-electron chi connectivity index (χ0n) is 14.2. The summed E-state index contributed by atoms with van der Waals surface area (Å²) in [4.78, 5) is 14.1. The molecule has 0 saturated heterocycles. The molecule has 0 radical (unpaired) electrons. The van der Waals surface area contributed by atoms with E-state index >= 15 is 0 Å². The number of nitrogens with zero attached hydrogens (tertiary/aromatic N) is 1. The molecule has 1 heterocycles. The van der Waals surface area contributed by atoms with E-state index in [9.17, 15) is 4.79 Å². The summed E-state index contributed by atoms with van der Waals surface area (Å²) in [6.45, 7) is 3.33. The summed E-state index contributed by atoms with van der Waals surface area (Å²) in [5.74, 6) is 0.0853. The van der Waals surface area contributed by atoms with Crippen LogP contribution in [-0.4, -0.2) is 26.0 Å². The van der Waals surface area contributed by atoms with Crippen LogP contribution in [0.15, 0.2) is 48.5 Å². The molecule has 2 aromatic rings. The molecule has 0 bridgehead atoms. The van der Waals surface area contributed by atoms with Gasteiger partial charge < -0.3 is 15.5 Å². The minimum absolute atomic E-state index is 0.0853. The number of hydrogen-bond acceptors (Lipinski definition) is 3. The van der Waals surface area contributed by atoms with Gasteiger partial charge >= 0.3 is 0 Å². The van der Waals surface area contributed by atoms with Crippen LogP contribution in [0.1, 0.15) is 23.1 Å². The largest absolute Gasteiger partial charge is 0.367 e. The zero-order valence-corrected chi connectivity index (χ0v) is 14.2. The van der Waals surface area contributed by atoms with Crippen molar-refractivity contribution < 1.29 is 4.79 Å². The maximum atomic E-state index is 11.6. The Bertz CT molecular complexity index is 682. The lowest BCUT2D eigenvalue weighted by Crippen LogP contribution is -2.26. The number of hydrogen-bond donors (Lipinski definition) is 2. The first-order valence-electron chi connectivity index (χ1n) is 8.58. The number of fused-ring (bicyclic) bond motifs is 1. The van der Waals surface area contributed by atoms with Crippen LogP contribution in [0.4, 0.5) is 5.69 Å². The maximum Gasteiger partial charge on any atom is 0.221 e. The highest BCUT2D eigenvalue weighted by Crippen LogP contribution is 2.28. The first-order valence-corrected chi connectivity index (χ1v) is 8.58. The molecule has 0 aliphatic carbocycles. The van der Waals surface area contributed by atoms with Crippen LogP contribution in [0.3, 0.4) is 0 Å². The molecule has 2 N–H and O–H groups in total. The van der Waals surface area contributed by atoms with Gasteiger partial charge in [-0.05, 0) is 36.2 Å². The van der Waals surface area contributed by atoms with Crippen LogP contribution in [0.25, 0.3) is 0 Å². The summed E-state index contributed by atoms with van der Waals surface area (Å²) in [7, 11) is 1.85. The maximum absolute atomic E-state index is 11.6. The van der Waals surface area contributed by atoms with Crippen LogP contribution in [-0.2, 0) is 24.3 Å². The fourth-order valence-corrected chi connectivity index (χ4v) is 3.08. The molecule has 1 aliphatic rings. The first kappa shape index (κ1) is 16.5. The van der Waals surface area contributed by atoms with Crippen molar-refractivity contribution in [2.24, 2.45) is 0 Å². The lowest BCUT2D eigenvalue weighted by Gasteiger charge is -2.19. The quantitative estimate of drug-likeness (QED) is 0.823. The molecule has 1 amide bonds. The second-order valence-corrected chi connectivity index (χ2v) is 6.25. The van der Waals surface area contributed by atoms with E-state index in [0.29, 0.717) is 19.5 Å². The predicted octanol–water partition coefficient (Wildman–Crippen LogP) is 2.47. The molecular weight excluding hydrogens is 298 g/mol. The van der Waals surface area contributed by atoms with Gasteiger partial charge in [-0.1, -0.05) is 42.5 Å². The Balaban J connectivity index is 1.53. The Morgan fingerprint density at radius 2 is 1.83 bits per heavy atom. The molecule has 0 saturated carbocycles. The van der Waals surface area contributed by atoms with E-state index in [1.165, 1.54) is 16.8 Å². The van der Waals surface area contributed by atoms with Crippen LogP contribution >= 0.6 is 0 Å². The summed E-state index contributed by atoms with van der Waals surface area (Å²) >= 11 is 0. The average molecular weight is 323 g/mol. The highest BCUT2D eigenvalue weighted by molar-refractivity contribution is 5.76. The van der Waals surface area contributed by atoms with Gasteiger partial charge in [-0.25, -0.2) is 0 Å². The van der Waals surface area contributed by atoms with E-state index < -0.39 is 0 Å². The van der Waals surface area contributed by atoms with Gasteiger partial charge in [0.1, 0.15) is 0 Å². The third kappa shape index (κ3) is 4.15. The van der Waals surface area contributed by atoms with Crippen molar-refractivity contribution in [2.75, 3.05) is 25.0 Å². The fraction of sp³-hybridized carbons (Fsp3) is 0.350. The zero-order chi connectivity index (χ0) is 16.8. The van der Waals surface area contributed by atoms with Crippen molar-refractivity contribution >= 4 is 11.6 Å². The van der Waals surface area contributed by atoms with Crippen LogP contribution < -0.4 is 15.5 Å². The Morgan fingerprint density at radius 3 is 2.62 bits per heavy atom. The minimum atomic E-state index is 0.0853. The Hall–Kier alpha value is -2.33. The Morgan fingerprint density at radius 1 is 1.08 bits per heavy atom. The third-order valence-corrected chi connectivity index (χ3v) is 4.47. The van der Waals surface area contributed by atoms with Crippen LogP contribution in [0.5, 0.6) is 0 Å². The van der Waals surface area contributed by atoms with Crippen molar-refractivity contribution in [1.82, 2.24) is 10.6 Å². The predicted molar refractivity (Wildman–Crippen MR) is 98.0 cm³/mol. The number of carbonyl (C=O) groups excluding carboxylic acids is 1. The topological polar surface area (TPSA) is 44.4 Å². The van der Waals surface area contributed by atoms with E-state index in [1.807, 2.05) is 7.05 Å². The van der Waals surface area contributed by atoms with Crippen molar-refractivity contribution in [2.45, 2.75) is 25.9 Å². The van der Waals surface area contributed by atoms with Crippen LogP contribution in [0.2, 0.25) is 0 Å². The molecule has 0 spiro atoms. The van der Waals surface area contributed by atoms with Gasteiger partial charge in [-0.2, -0.15) is 0 Å². The number of carbonyl (C=O) groups is 1. The van der Waals surface area contributed by atoms with E-state index in [4.69, 9.17) is 0 Å². The molecule has 4 heteroatoms. The molecular formula is C20H25N3O. The SMILES string of the molecule is CNCCC(=O)NCc1ccc(CN2CCc3ccccc32)cc1. The second-order valence-electron chi connectivity index (χ2n) is 6.25. The number of benzene rings is 2. The highest BCUT2D eigenvalue weighted by atomic mass is 16.1. The number of rotatable bonds is 7. The minimum Gasteiger partial charge on any atom is -0.367 e. The summed E-state index contributed by atoms with van der Waals surface area (Å²) < 4.78 is 0. The second kappa shape index (κ2) is 7.97. The van der Waals surface area contributed by atoms with E-state index in [1.54, 1.807) is 0 Å². The molecule has 24 heavy (non-hydrogen) atoms. The summed E-state index contributed by atoms with van der Waals surface area (Å²) in [5, 5.41) is 5.93. The summed E-state index contributed by atoms with van der Waals surface area (Å²) in [5.41, 5.74) is 5.24. The molecule has 0 unspecified atom stereocenters. The molecule has 126 valence electrons. The number of nitrogens with one attached hydrogen (secondary N) is 2. The van der Waals surface area contributed by atoms with Gasteiger partial charge in [0, 0.05) is 38.3 Å². The number of anilines is 1. The van der Waals surface area contributed by atoms with Gasteiger partial charge in [0.2, 0.25) is 5.91 Å². The standard InChI is InChI=1S/C20H25N3O/c1-21-12-10-20(24)22-14-16-6-8-17(9-7-16)15-23-13-11-18-4-2-3-5-19(18)23/h2-9,21H,10-15H2,1H3,(H,22,24). The van der Waals surface area contributed by atoms with Gasteiger partial charge in [0.15, 0.2) is 0 Å². The smallest absolute Gasteiger partial charge is 0.221 e. The first-order chi connectivity index (χ1) is 11.8. The Kier molecular flexibility index (Phi) is 5.49. The van der Waals surface area contributed by atoms with Crippen molar-refractivity contribution in [1.29, 1.82) is 0 Å². The molecule has 3 rings (SSSR count). The fourth-order valence-electron chi connectivity index (χ4n) is 3.08. The van der Waals surface area contributed by atoms with Crippen molar-refractivity contribution in [3.63, 3.8) is 0 Å². The Labute approximate surface area is 143 Å². The molecule has 4 nitrogen and oxygen atoms in total. The molecule has 2 aromatic carbocycles. The van der Waals surface area contributed by atoms with Gasteiger partial charge in [0.05, 0.1) is 0 Å². The summed E-state index contributed by atoms with van der Waals surface area (Å²) in [6.07, 6.45) is 1.65. The van der Waals surface area contributed by atoms with Gasteiger partial charge in [-0.3, -0.25) is 4.79 Å². The van der Waals surface area contributed by atoms with Gasteiger partial charge in [-0.15, -0.1) is 0 Å². The van der Waals surface area contributed by atoms with Crippen molar-refractivity contribution in [3.8, 4) is 0 Å². The molecule has 1 aliphatic heterocycles. The van der Waals surface area contributed by atoms with E-state index in [2.05, 4.69) is 64.1 Å². The lowest BCUT2D eigenvalue weighted by atomic mass is 10.1. The monoisotopic (exact) mass is 323 g/mol. The normalized spacial score (nSPS) is 13.0.